The number of carbonyl (C=O) groups is 2. The molecule has 4 aliphatic carbocycles. The Hall–Kier alpha value is -1.32. The number of sulfonamides is 1. The van der Waals surface area contributed by atoms with E-state index in [1.807, 2.05) is 4.72 Å². The number of ether oxygens (including phenoxy) is 1. The summed E-state index contributed by atoms with van der Waals surface area (Å²) in [6, 6.07) is 0. The quantitative estimate of drug-likeness (QED) is 0.677. The second-order valence-electron chi connectivity index (χ2n) is 8.75. The van der Waals surface area contributed by atoms with Gasteiger partial charge in [0.2, 0.25) is 15.9 Å². The molecule has 4 fully saturated rings. The van der Waals surface area contributed by atoms with Gasteiger partial charge in [-0.2, -0.15) is 0 Å². The summed E-state index contributed by atoms with van der Waals surface area (Å²) in [7, 11) is -3.74. The van der Waals surface area contributed by atoms with E-state index in [0.29, 0.717) is 32.6 Å². The summed E-state index contributed by atoms with van der Waals surface area (Å²) in [6.45, 7) is -0.622. The molecule has 3 unspecified atom stereocenters. The minimum absolute atomic E-state index is 0.0536. The zero-order chi connectivity index (χ0) is 20.3. The fraction of sp³-hybridized carbons (Fsp3) is 0.882. The molecular weight excluding hydrogens is 387 g/mol. The van der Waals surface area contributed by atoms with Gasteiger partial charge in [-0.25, -0.2) is 21.6 Å². The first-order valence-electron chi connectivity index (χ1n) is 8.96. The standard InChI is InChI=1S/C17H24F3NO5S/c1-15(19,20)12(18)8-26-14(23)17-6-10-3-11(7-17)5-16(4-10,9-17)13(22)21-27(2,24)25/h10-12H,3-9H2,1-2H3,(H,21,22). The molecule has 10 heteroatoms. The van der Waals surface area contributed by atoms with Crippen LogP contribution in [0, 0.1) is 22.7 Å². The maximum atomic E-state index is 13.5. The van der Waals surface area contributed by atoms with Crippen molar-refractivity contribution in [3.63, 3.8) is 0 Å². The van der Waals surface area contributed by atoms with Crippen molar-refractivity contribution in [3.8, 4) is 0 Å². The van der Waals surface area contributed by atoms with Crippen molar-refractivity contribution in [1.29, 1.82) is 0 Å². The zero-order valence-corrected chi connectivity index (χ0v) is 16.1. The highest BCUT2D eigenvalue weighted by Crippen LogP contribution is 2.65. The number of esters is 1. The summed E-state index contributed by atoms with van der Waals surface area (Å²) >= 11 is 0. The molecule has 0 radical (unpaired) electrons. The average Bonchev–Trinajstić information content (AvgIpc) is 2.48. The molecule has 27 heavy (non-hydrogen) atoms. The SMILES string of the molecule is CC(F)(F)C(F)COC(=O)C12CC3CC(CC(C(=O)NS(C)(=O)=O)(C3)C1)C2. The van der Waals surface area contributed by atoms with Crippen molar-refractivity contribution >= 4 is 21.9 Å². The number of halogens is 3. The van der Waals surface area contributed by atoms with Crippen LogP contribution in [0.2, 0.25) is 0 Å². The van der Waals surface area contributed by atoms with Crippen LogP contribution in [-0.4, -0.2) is 45.3 Å². The molecule has 1 N–H and O–H groups in total. The Morgan fingerprint density at radius 3 is 2.19 bits per heavy atom. The first-order valence-corrected chi connectivity index (χ1v) is 10.9. The molecule has 0 aliphatic heterocycles. The highest BCUT2D eigenvalue weighted by atomic mass is 32.2. The van der Waals surface area contributed by atoms with Gasteiger partial charge in [0.1, 0.15) is 6.61 Å². The third-order valence-corrected chi connectivity index (χ3v) is 6.72. The Kier molecular flexibility index (Phi) is 4.80. The number of nitrogens with one attached hydrogen (secondary N) is 1. The second-order valence-corrected chi connectivity index (χ2v) is 10.5. The maximum Gasteiger partial charge on any atom is 0.312 e. The molecule has 4 rings (SSSR count). The average molecular weight is 411 g/mol. The van der Waals surface area contributed by atoms with Gasteiger partial charge in [-0.05, 0) is 50.4 Å². The van der Waals surface area contributed by atoms with Crippen LogP contribution in [0.15, 0.2) is 0 Å². The molecular formula is C17H24F3NO5S. The fourth-order valence-corrected chi connectivity index (χ4v) is 6.05. The lowest BCUT2D eigenvalue weighted by molar-refractivity contribution is -0.187. The number of carbonyl (C=O) groups excluding carboxylic acids is 2. The first-order chi connectivity index (χ1) is 12.2. The Bertz CT molecular complexity index is 734. The predicted molar refractivity (Wildman–Crippen MR) is 89.0 cm³/mol. The van der Waals surface area contributed by atoms with Gasteiger partial charge in [0.15, 0.2) is 6.17 Å². The summed E-state index contributed by atoms with van der Waals surface area (Å²) in [4.78, 5) is 25.4. The number of hydrogen-bond donors (Lipinski definition) is 1. The third-order valence-electron chi connectivity index (χ3n) is 6.16. The van der Waals surface area contributed by atoms with Crippen LogP contribution in [0.25, 0.3) is 0 Å². The van der Waals surface area contributed by atoms with E-state index < -0.39 is 51.4 Å². The number of alkyl halides is 3. The molecule has 0 aromatic heterocycles. The largest absolute Gasteiger partial charge is 0.462 e. The van der Waals surface area contributed by atoms with Crippen LogP contribution in [0.1, 0.15) is 45.4 Å². The van der Waals surface area contributed by atoms with E-state index in [1.165, 1.54) is 0 Å². The van der Waals surface area contributed by atoms with Crippen molar-refractivity contribution in [3.05, 3.63) is 0 Å². The van der Waals surface area contributed by atoms with Gasteiger partial charge in [-0.1, -0.05) is 0 Å². The Morgan fingerprint density at radius 1 is 1.19 bits per heavy atom. The fourth-order valence-electron chi connectivity index (χ4n) is 5.49. The van der Waals surface area contributed by atoms with Gasteiger partial charge in [0.25, 0.3) is 5.92 Å². The normalized spacial score (nSPS) is 36.3. The summed E-state index contributed by atoms with van der Waals surface area (Å²) in [5.74, 6) is -4.89. The van der Waals surface area contributed by atoms with Crippen molar-refractivity contribution < 1.29 is 35.9 Å². The minimum atomic E-state index is -3.74. The maximum absolute atomic E-state index is 13.5. The number of amides is 1. The van der Waals surface area contributed by atoms with E-state index in [4.69, 9.17) is 4.74 Å². The first kappa shape index (κ1) is 20.4. The van der Waals surface area contributed by atoms with Crippen LogP contribution < -0.4 is 4.72 Å². The molecule has 0 aromatic rings. The highest BCUT2D eigenvalue weighted by Gasteiger charge is 2.64. The van der Waals surface area contributed by atoms with Gasteiger partial charge in [0, 0.05) is 6.92 Å². The smallest absolute Gasteiger partial charge is 0.312 e. The summed E-state index contributed by atoms with van der Waals surface area (Å²) in [6.07, 6.45) is 1.11. The summed E-state index contributed by atoms with van der Waals surface area (Å²) < 4.78 is 69.3. The molecule has 0 spiro atoms. The van der Waals surface area contributed by atoms with Crippen LogP contribution in [0.3, 0.4) is 0 Å². The van der Waals surface area contributed by atoms with E-state index in [2.05, 4.69) is 0 Å². The number of rotatable bonds is 6. The molecule has 4 saturated carbocycles. The molecule has 4 aliphatic rings. The van der Waals surface area contributed by atoms with Gasteiger partial charge in [-0.15, -0.1) is 0 Å². The van der Waals surface area contributed by atoms with Crippen molar-refractivity contribution in [2.24, 2.45) is 22.7 Å². The molecule has 0 saturated heterocycles. The molecule has 154 valence electrons. The monoisotopic (exact) mass is 411 g/mol. The van der Waals surface area contributed by atoms with Crippen LogP contribution >= 0.6 is 0 Å². The molecule has 0 aromatic carbocycles. The molecule has 0 heterocycles. The number of hydrogen-bond acceptors (Lipinski definition) is 5. The van der Waals surface area contributed by atoms with Gasteiger partial charge < -0.3 is 4.74 Å². The lowest BCUT2D eigenvalue weighted by Crippen LogP contribution is -2.60. The second kappa shape index (κ2) is 6.35. The van der Waals surface area contributed by atoms with E-state index in [-0.39, 0.29) is 18.3 Å². The van der Waals surface area contributed by atoms with Gasteiger partial charge >= 0.3 is 5.97 Å². The molecule has 4 bridgehead atoms. The molecule has 3 atom stereocenters. The third kappa shape index (κ3) is 3.95. The lowest BCUT2D eigenvalue weighted by atomic mass is 9.44. The van der Waals surface area contributed by atoms with Crippen LogP contribution in [-0.2, 0) is 24.3 Å². The van der Waals surface area contributed by atoms with Crippen molar-refractivity contribution in [1.82, 2.24) is 4.72 Å². The minimum Gasteiger partial charge on any atom is -0.462 e. The summed E-state index contributed by atoms with van der Waals surface area (Å²) in [5, 5.41) is 0. The molecule has 6 nitrogen and oxygen atoms in total. The Labute approximate surface area is 156 Å². The van der Waals surface area contributed by atoms with Crippen molar-refractivity contribution in [2.45, 2.75) is 57.5 Å². The topological polar surface area (TPSA) is 89.5 Å². The van der Waals surface area contributed by atoms with Gasteiger partial charge in [-0.3, -0.25) is 14.3 Å². The molecule has 1 amide bonds. The van der Waals surface area contributed by atoms with Crippen molar-refractivity contribution in [2.75, 3.05) is 12.9 Å². The predicted octanol–water partition coefficient (Wildman–Crippen LogP) is 2.19. The lowest BCUT2D eigenvalue weighted by Gasteiger charge is -2.59. The highest BCUT2D eigenvalue weighted by molar-refractivity contribution is 7.89. The zero-order valence-electron chi connectivity index (χ0n) is 15.3. The van der Waals surface area contributed by atoms with Crippen LogP contribution in [0.4, 0.5) is 13.2 Å². The van der Waals surface area contributed by atoms with E-state index >= 15 is 0 Å². The van der Waals surface area contributed by atoms with E-state index in [9.17, 15) is 31.2 Å². The Morgan fingerprint density at radius 2 is 1.70 bits per heavy atom. The van der Waals surface area contributed by atoms with E-state index in [0.717, 1.165) is 12.7 Å². The van der Waals surface area contributed by atoms with Gasteiger partial charge in [0.05, 0.1) is 17.1 Å². The van der Waals surface area contributed by atoms with Crippen LogP contribution in [0.5, 0.6) is 0 Å². The Balaban J connectivity index is 1.78. The summed E-state index contributed by atoms with van der Waals surface area (Å²) in [5.41, 5.74) is -2.03. The van der Waals surface area contributed by atoms with E-state index in [1.54, 1.807) is 0 Å².